The van der Waals surface area contributed by atoms with Crippen LogP contribution in [0.25, 0.3) is 0 Å². The Bertz CT molecular complexity index is 1200. The molecule has 1 amide bonds. The van der Waals surface area contributed by atoms with Crippen molar-refractivity contribution in [3.05, 3.63) is 64.5 Å². The van der Waals surface area contributed by atoms with Crippen molar-refractivity contribution in [2.24, 2.45) is 4.99 Å². The summed E-state index contributed by atoms with van der Waals surface area (Å²) < 4.78 is 18.1. The molecule has 0 aliphatic carbocycles. The molecular formula is C27H35N5O4. The SMILES string of the molecule is CCCn1cc(CN=C(NC(=O)c2cc(OC)c(OC)c(OC)c2)Nc2cc(C)cc(C)c2)c(C)n1. The fourth-order valence-corrected chi connectivity index (χ4v) is 3.91. The van der Waals surface area contributed by atoms with Crippen LogP contribution in [0.2, 0.25) is 0 Å². The zero-order valence-corrected chi connectivity index (χ0v) is 22.1. The van der Waals surface area contributed by atoms with E-state index in [9.17, 15) is 4.79 Å². The number of rotatable bonds is 9. The number of guanidine groups is 1. The number of anilines is 1. The maximum Gasteiger partial charge on any atom is 0.258 e. The fraction of sp³-hybridized carbons (Fsp3) is 0.370. The number of carbonyl (C=O) groups excluding carboxylic acids is 1. The first-order valence-corrected chi connectivity index (χ1v) is 11.8. The van der Waals surface area contributed by atoms with Gasteiger partial charge in [0.25, 0.3) is 5.91 Å². The van der Waals surface area contributed by atoms with Crippen molar-refractivity contribution >= 4 is 17.6 Å². The number of nitrogens with one attached hydrogen (secondary N) is 2. The molecule has 1 heterocycles. The van der Waals surface area contributed by atoms with Gasteiger partial charge in [0.2, 0.25) is 11.7 Å². The molecule has 0 aliphatic heterocycles. The standard InChI is InChI=1S/C27H35N5O4/c1-8-9-32-16-21(19(4)31-32)15-28-27(29-22-11-17(2)10-18(3)12-22)30-26(33)20-13-23(34-5)25(36-7)24(14-20)35-6/h10-14,16H,8-9,15H2,1-7H3,(H2,28,29,30,33). The molecule has 2 aromatic carbocycles. The number of carbonyl (C=O) groups is 1. The predicted octanol–water partition coefficient (Wildman–Crippen LogP) is 4.64. The number of ether oxygens (including phenoxy) is 3. The van der Waals surface area contributed by atoms with Crippen molar-refractivity contribution in [1.82, 2.24) is 15.1 Å². The summed E-state index contributed by atoms with van der Waals surface area (Å²) in [5.74, 6) is 1.14. The van der Waals surface area contributed by atoms with Crippen LogP contribution < -0.4 is 24.8 Å². The Labute approximate surface area is 212 Å². The van der Waals surface area contributed by atoms with E-state index >= 15 is 0 Å². The third-order valence-electron chi connectivity index (χ3n) is 5.55. The lowest BCUT2D eigenvalue weighted by atomic mass is 10.1. The van der Waals surface area contributed by atoms with Gasteiger partial charge in [0.05, 0.1) is 33.6 Å². The lowest BCUT2D eigenvalue weighted by Crippen LogP contribution is -2.36. The van der Waals surface area contributed by atoms with Crippen LogP contribution in [0, 0.1) is 20.8 Å². The van der Waals surface area contributed by atoms with Gasteiger partial charge in [-0.25, -0.2) is 4.99 Å². The van der Waals surface area contributed by atoms with E-state index in [0.29, 0.717) is 35.3 Å². The van der Waals surface area contributed by atoms with E-state index in [-0.39, 0.29) is 5.91 Å². The molecule has 2 N–H and O–H groups in total. The van der Waals surface area contributed by atoms with Crippen LogP contribution in [-0.2, 0) is 13.1 Å². The number of methoxy groups -OCH3 is 3. The minimum absolute atomic E-state index is 0.321. The third-order valence-corrected chi connectivity index (χ3v) is 5.55. The number of nitrogens with zero attached hydrogens (tertiary/aromatic N) is 3. The lowest BCUT2D eigenvalue weighted by molar-refractivity contribution is 0.0976. The number of hydrogen-bond acceptors (Lipinski definition) is 6. The van der Waals surface area contributed by atoms with Crippen LogP contribution in [0.1, 0.15) is 46.1 Å². The van der Waals surface area contributed by atoms with Crippen molar-refractivity contribution in [3.63, 3.8) is 0 Å². The van der Waals surface area contributed by atoms with Crippen molar-refractivity contribution in [3.8, 4) is 17.2 Å². The molecule has 192 valence electrons. The molecule has 9 nitrogen and oxygen atoms in total. The van der Waals surface area contributed by atoms with E-state index in [1.807, 2.05) is 43.8 Å². The Morgan fingerprint density at radius 3 is 2.17 bits per heavy atom. The van der Waals surface area contributed by atoms with Gasteiger partial charge < -0.3 is 19.5 Å². The van der Waals surface area contributed by atoms with Gasteiger partial charge in [0, 0.05) is 29.6 Å². The maximum atomic E-state index is 13.3. The quantitative estimate of drug-likeness (QED) is 0.333. The molecule has 3 aromatic rings. The summed E-state index contributed by atoms with van der Waals surface area (Å²) in [5.41, 5.74) is 5.27. The first-order valence-electron chi connectivity index (χ1n) is 11.8. The van der Waals surface area contributed by atoms with E-state index < -0.39 is 0 Å². The Morgan fingerprint density at radius 2 is 1.61 bits per heavy atom. The molecule has 9 heteroatoms. The summed E-state index contributed by atoms with van der Waals surface area (Å²) in [5, 5.41) is 10.7. The van der Waals surface area contributed by atoms with Gasteiger partial charge in [-0.2, -0.15) is 5.10 Å². The highest BCUT2D eigenvalue weighted by Crippen LogP contribution is 2.38. The van der Waals surface area contributed by atoms with E-state index in [4.69, 9.17) is 19.2 Å². The van der Waals surface area contributed by atoms with Crippen molar-refractivity contribution in [1.29, 1.82) is 0 Å². The second-order valence-electron chi connectivity index (χ2n) is 8.54. The van der Waals surface area contributed by atoms with Gasteiger partial charge in [-0.3, -0.25) is 14.8 Å². The molecule has 0 saturated heterocycles. The molecule has 0 fully saturated rings. The van der Waals surface area contributed by atoms with Gasteiger partial charge in [-0.1, -0.05) is 13.0 Å². The van der Waals surface area contributed by atoms with Crippen molar-refractivity contribution < 1.29 is 19.0 Å². The molecule has 1 aromatic heterocycles. The molecule has 0 atom stereocenters. The molecule has 0 saturated carbocycles. The molecule has 0 spiro atoms. The van der Waals surface area contributed by atoms with Gasteiger partial charge in [-0.05, 0) is 62.6 Å². The van der Waals surface area contributed by atoms with Crippen LogP contribution in [0.3, 0.4) is 0 Å². The normalized spacial score (nSPS) is 11.2. The highest BCUT2D eigenvalue weighted by molar-refractivity contribution is 6.10. The molecule has 36 heavy (non-hydrogen) atoms. The first kappa shape index (κ1) is 26.6. The molecule has 0 bridgehead atoms. The number of aryl methyl sites for hydroxylation is 4. The van der Waals surface area contributed by atoms with Crippen molar-refractivity contribution in [2.45, 2.75) is 47.2 Å². The highest BCUT2D eigenvalue weighted by Gasteiger charge is 2.18. The zero-order valence-electron chi connectivity index (χ0n) is 22.1. The van der Waals surface area contributed by atoms with Crippen molar-refractivity contribution in [2.75, 3.05) is 26.6 Å². The van der Waals surface area contributed by atoms with Crippen LogP contribution >= 0.6 is 0 Å². The minimum atomic E-state index is -0.372. The summed E-state index contributed by atoms with van der Waals surface area (Å²) in [6, 6.07) is 9.29. The average molecular weight is 494 g/mol. The molecule has 0 unspecified atom stereocenters. The zero-order chi connectivity index (χ0) is 26.2. The number of aromatic nitrogens is 2. The van der Waals surface area contributed by atoms with E-state index in [2.05, 4.69) is 28.7 Å². The van der Waals surface area contributed by atoms with Gasteiger partial charge in [0.15, 0.2) is 11.5 Å². The van der Waals surface area contributed by atoms with Crippen LogP contribution in [0.5, 0.6) is 17.2 Å². The fourth-order valence-electron chi connectivity index (χ4n) is 3.91. The smallest absolute Gasteiger partial charge is 0.258 e. The van der Waals surface area contributed by atoms with E-state index in [1.165, 1.54) is 21.3 Å². The molecular weight excluding hydrogens is 458 g/mol. The first-order chi connectivity index (χ1) is 17.3. The van der Waals surface area contributed by atoms with E-state index in [1.54, 1.807) is 12.1 Å². The van der Waals surface area contributed by atoms with Gasteiger partial charge in [-0.15, -0.1) is 0 Å². The third kappa shape index (κ3) is 6.56. The number of hydrogen-bond donors (Lipinski definition) is 2. The minimum Gasteiger partial charge on any atom is -0.493 e. The molecule has 0 aliphatic rings. The highest BCUT2D eigenvalue weighted by atomic mass is 16.5. The average Bonchev–Trinajstić information content (AvgIpc) is 3.19. The summed E-state index contributed by atoms with van der Waals surface area (Å²) in [6.45, 7) is 9.32. The Hall–Kier alpha value is -4.01. The largest absolute Gasteiger partial charge is 0.493 e. The Balaban J connectivity index is 1.93. The summed E-state index contributed by atoms with van der Waals surface area (Å²) >= 11 is 0. The Kier molecular flexibility index (Phi) is 8.94. The van der Waals surface area contributed by atoms with Crippen LogP contribution in [0.4, 0.5) is 5.69 Å². The summed E-state index contributed by atoms with van der Waals surface area (Å²) in [4.78, 5) is 18.0. The predicted molar refractivity (Wildman–Crippen MR) is 141 cm³/mol. The maximum absolute atomic E-state index is 13.3. The van der Waals surface area contributed by atoms with Crippen LogP contribution in [-0.4, -0.2) is 43.0 Å². The second kappa shape index (κ2) is 12.1. The van der Waals surface area contributed by atoms with Gasteiger partial charge in [0.1, 0.15) is 0 Å². The van der Waals surface area contributed by atoms with E-state index in [0.717, 1.165) is 41.0 Å². The van der Waals surface area contributed by atoms with Crippen LogP contribution in [0.15, 0.2) is 41.5 Å². The number of benzene rings is 2. The number of amides is 1. The molecule has 3 rings (SSSR count). The second-order valence-corrected chi connectivity index (χ2v) is 8.54. The lowest BCUT2D eigenvalue weighted by Gasteiger charge is -2.16. The molecule has 0 radical (unpaired) electrons. The Morgan fingerprint density at radius 1 is 0.972 bits per heavy atom. The summed E-state index contributed by atoms with van der Waals surface area (Å²) in [6.07, 6.45) is 2.99. The monoisotopic (exact) mass is 493 g/mol. The summed E-state index contributed by atoms with van der Waals surface area (Å²) in [7, 11) is 4.53. The number of aliphatic imine (C=N–C) groups is 1. The van der Waals surface area contributed by atoms with Gasteiger partial charge >= 0.3 is 0 Å². The topological polar surface area (TPSA) is 99.0 Å².